The fourth-order valence-electron chi connectivity index (χ4n) is 4.01. The Hall–Kier alpha value is -2.59. The quantitative estimate of drug-likeness (QED) is 0.822. The zero-order valence-corrected chi connectivity index (χ0v) is 16.5. The highest BCUT2D eigenvalue weighted by Gasteiger charge is 2.38. The van der Waals surface area contributed by atoms with Crippen LogP contribution in [0.5, 0.6) is 0 Å². The van der Waals surface area contributed by atoms with Gasteiger partial charge in [-0.3, -0.25) is 0 Å². The number of alkyl halides is 3. The highest BCUT2D eigenvalue weighted by atomic mass is 19.4. The van der Waals surface area contributed by atoms with E-state index in [-0.39, 0.29) is 17.7 Å². The molecule has 2 amide bonds. The number of aryl methyl sites for hydroxylation is 1. The number of rotatable bonds is 2. The third-order valence-electron chi connectivity index (χ3n) is 5.76. The molecule has 1 atom stereocenters. The van der Waals surface area contributed by atoms with E-state index in [9.17, 15) is 18.0 Å². The first kappa shape index (κ1) is 19.7. The predicted molar refractivity (Wildman–Crippen MR) is 99.7 cm³/mol. The summed E-state index contributed by atoms with van der Waals surface area (Å²) in [4.78, 5) is 16.4. The van der Waals surface area contributed by atoms with E-state index < -0.39 is 12.0 Å². The van der Waals surface area contributed by atoms with Gasteiger partial charge in [0.2, 0.25) is 0 Å². The van der Waals surface area contributed by atoms with Crippen molar-refractivity contribution in [1.29, 1.82) is 0 Å². The summed E-state index contributed by atoms with van der Waals surface area (Å²) in [6.45, 7) is 6.28. The third-order valence-corrected chi connectivity index (χ3v) is 5.76. The summed E-state index contributed by atoms with van der Waals surface area (Å²) in [5.41, 5.74) is 1.41. The van der Waals surface area contributed by atoms with Gasteiger partial charge in [-0.25, -0.2) is 4.79 Å². The number of anilines is 1. The Bertz CT molecular complexity index is 920. The first-order chi connectivity index (χ1) is 13.8. The van der Waals surface area contributed by atoms with Crippen molar-refractivity contribution in [3.8, 4) is 0 Å². The molecule has 0 bridgehead atoms. The fourth-order valence-corrected chi connectivity index (χ4v) is 4.01. The summed E-state index contributed by atoms with van der Waals surface area (Å²) >= 11 is 0. The zero-order chi connectivity index (χ0) is 20.8. The van der Waals surface area contributed by atoms with Crippen LogP contribution in [0, 0.1) is 13.8 Å². The summed E-state index contributed by atoms with van der Waals surface area (Å²) in [5, 5.41) is 14.3. The Balaban J connectivity index is 1.56. The van der Waals surface area contributed by atoms with Gasteiger partial charge in [-0.1, -0.05) is 0 Å². The molecule has 1 N–H and O–H groups in total. The van der Waals surface area contributed by atoms with Gasteiger partial charge in [-0.2, -0.15) is 17.7 Å². The van der Waals surface area contributed by atoms with E-state index in [1.54, 1.807) is 13.8 Å². The molecular formula is C18H24F3N7O. The highest BCUT2D eigenvalue weighted by Crippen LogP contribution is 2.30. The SMILES string of the molecule is Cc1c(NC2CCCN(C(=O)N3CCCC3)C2)nn2c(C(F)(F)F)nnc2c1C. The average Bonchev–Trinajstić information content (AvgIpc) is 3.35. The molecule has 0 aliphatic carbocycles. The van der Waals surface area contributed by atoms with Crippen molar-refractivity contribution in [2.75, 3.05) is 31.5 Å². The first-order valence-electron chi connectivity index (χ1n) is 9.86. The van der Waals surface area contributed by atoms with E-state index in [2.05, 4.69) is 20.6 Å². The number of carbonyl (C=O) groups excluding carboxylic acids is 1. The Kier molecular flexibility index (Phi) is 4.99. The minimum Gasteiger partial charge on any atom is -0.364 e. The Morgan fingerprint density at radius 2 is 1.72 bits per heavy atom. The van der Waals surface area contributed by atoms with Gasteiger partial charge in [0.1, 0.15) is 0 Å². The number of piperidine rings is 1. The zero-order valence-electron chi connectivity index (χ0n) is 16.5. The number of hydrogen-bond acceptors (Lipinski definition) is 5. The summed E-state index contributed by atoms with van der Waals surface area (Å²) in [6.07, 6.45) is -0.933. The maximum Gasteiger partial charge on any atom is 0.453 e. The molecule has 0 spiro atoms. The van der Waals surface area contributed by atoms with E-state index in [1.807, 2.05) is 9.80 Å². The molecule has 1 unspecified atom stereocenters. The second-order valence-corrected chi connectivity index (χ2v) is 7.76. The maximum atomic E-state index is 13.2. The van der Waals surface area contributed by atoms with Crippen molar-refractivity contribution in [2.24, 2.45) is 0 Å². The normalized spacial score (nSPS) is 20.5. The number of nitrogens with zero attached hydrogens (tertiary/aromatic N) is 6. The molecule has 2 aliphatic heterocycles. The molecular weight excluding hydrogens is 387 g/mol. The van der Waals surface area contributed by atoms with Gasteiger partial charge in [-0.15, -0.1) is 15.3 Å². The van der Waals surface area contributed by atoms with Gasteiger partial charge in [-0.05, 0) is 45.1 Å². The van der Waals surface area contributed by atoms with Gasteiger partial charge >= 0.3 is 12.2 Å². The van der Waals surface area contributed by atoms with Crippen molar-refractivity contribution in [3.63, 3.8) is 0 Å². The van der Waals surface area contributed by atoms with Crippen LogP contribution in [-0.4, -0.2) is 67.9 Å². The van der Waals surface area contributed by atoms with Gasteiger partial charge in [0.25, 0.3) is 5.82 Å². The van der Waals surface area contributed by atoms with Crippen molar-refractivity contribution >= 4 is 17.5 Å². The molecule has 2 fully saturated rings. The van der Waals surface area contributed by atoms with Gasteiger partial charge in [0.15, 0.2) is 11.5 Å². The monoisotopic (exact) mass is 411 g/mol. The van der Waals surface area contributed by atoms with E-state index in [4.69, 9.17) is 0 Å². The van der Waals surface area contributed by atoms with Crippen LogP contribution < -0.4 is 5.32 Å². The molecule has 11 heteroatoms. The predicted octanol–water partition coefficient (Wildman–Crippen LogP) is 2.85. The van der Waals surface area contributed by atoms with Crippen LogP contribution in [0.2, 0.25) is 0 Å². The van der Waals surface area contributed by atoms with Crippen LogP contribution >= 0.6 is 0 Å². The number of amides is 2. The largest absolute Gasteiger partial charge is 0.453 e. The molecule has 2 aromatic rings. The number of nitrogens with one attached hydrogen (secondary N) is 1. The second kappa shape index (κ2) is 7.34. The fraction of sp³-hybridized carbons (Fsp3) is 0.667. The molecule has 2 aliphatic rings. The minimum absolute atomic E-state index is 0.0449. The third kappa shape index (κ3) is 3.69. The lowest BCUT2D eigenvalue weighted by molar-refractivity contribution is -0.146. The van der Waals surface area contributed by atoms with Crippen LogP contribution in [0.25, 0.3) is 5.65 Å². The summed E-state index contributed by atoms with van der Waals surface area (Å²) in [5.74, 6) is -0.783. The summed E-state index contributed by atoms with van der Waals surface area (Å²) in [6, 6.07) is -0.0346. The molecule has 2 aromatic heterocycles. The second-order valence-electron chi connectivity index (χ2n) is 7.76. The lowest BCUT2D eigenvalue weighted by atomic mass is 10.1. The molecule has 0 aromatic carbocycles. The van der Waals surface area contributed by atoms with Crippen molar-refractivity contribution < 1.29 is 18.0 Å². The van der Waals surface area contributed by atoms with Crippen molar-refractivity contribution in [3.05, 3.63) is 17.0 Å². The molecule has 29 heavy (non-hydrogen) atoms. The first-order valence-corrected chi connectivity index (χ1v) is 9.86. The minimum atomic E-state index is -4.64. The molecule has 0 saturated carbocycles. The number of urea groups is 1. The van der Waals surface area contributed by atoms with E-state index >= 15 is 0 Å². The molecule has 4 rings (SSSR count). The Labute approximate surface area is 166 Å². The number of hydrogen-bond donors (Lipinski definition) is 1. The van der Waals surface area contributed by atoms with Crippen LogP contribution in [0.1, 0.15) is 42.6 Å². The number of likely N-dealkylation sites (tertiary alicyclic amines) is 2. The van der Waals surface area contributed by atoms with Crippen LogP contribution in [-0.2, 0) is 6.18 Å². The lowest BCUT2D eigenvalue weighted by Gasteiger charge is -2.36. The van der Waals surface area contributed by atoms with E-state index in [0.29, 0.717) is 24.5 Å². The molecule has 2 saturated heterocycles. The van der Waals surface area contributed by atoms with Gasteiger partial charge in [0.05, 0.1) is 0 Å². The number of halogens is 3. The Morgan fingerprint density at radius 1 is 1.03 bits per heavy atom. The number of fused-ring (bicyclic) bond motifs is 1. The van der Waals surface area contributed by atoms with Crippen molar-refractivity contribution in [2.45, 2.75) is 51.7 Å². The topological polar surface area (TPSA) is 78.7 Å². The molecule has 0 radical (unpaired) electrons. The summed E-state index contributed by atoms with van der Waals surface area (Å²) < 4.78 is 40.4. The highest BCUT2D eigenvalue weighted by molar-refractivity contribution is 5.75. The average molecular weight is 411 g/mol. The molecule has 4 heterocycles. The maximum absolute atomic E-state index is 13.2. The van der Waals surface area contributed by atoms with Crippen LogP contribution in [0.4, 0.5) is 23.8 Å². The van der Waals surface area contributed by atoms with Gasteiger partial charge in [0, 0.05) is 37.8 Å². The molecule has 158 valence electrons. The Morgan fingerprint density at radius 3 is 2.41 bits per heavy atom. The van der Waals surface area contributed by atoms with E-state index in [1.165, 1.54) is 0 Å². The van der Waals surface area contributed by atoms with Crippen LogP contribution in [0.3, 0.4) is 0 Å². The smallest absolute Gasteiger partial charge is 0.364 e. The molecule has 8 nitrogen and oxygen atoms in total. The standard InChI is InChI=1S/C18H24F3N7O/c1-11-12(2)15-23-24-16(18(19,20)21)28(15)25-14(11)22-13-6-5-9-27(10-13)17(29)26-7-3-4-8-26/h13H,3-10H2,1-2H3,(H,22,25). The lowest BCUT2D eigenvalue weighted by Crippen LogP contribution is -2.50. The van der Waals surface area contributed by atoms with Crippen LogP contribution in [0.15, 0.2) is 0 Å². The van der Waals surface area contributed by atoms with Crippen molar-refractivity contribution in [1.82, 2.24) is 29.6 Å². The van der Waals surface area contributed by atoms with E-state index in [0.717, 1.165) is 48.9 Å². The van der Waals surface area contributed by atoms with Gasteiger partial charge < -0.3 is 15.1 Å². The summed E-state index contributed by atoms with van der Waals surface area (Å²) in [7, 11) is 0. The number of aromatic nitrogens is 4. The number of carbonyl (C=O) groups is 1.